The Bertz CT molecular complexity index is 1540. The number of nitrogens with zero attached hydrogens (tertiary/aromatic N) is 4. The predicted octanol–water partition coefficient (Wildman–Crippen LogP) is 6.32. The molecule has 0 saturated heterocycles. The van der Waals surface area contributed by atoms with E-state index in [0.29, 0.717) is 22.8 Å². The zero-order chi connectivity index (χ0) is 27.0. The Morgan fingerprint density at radius 2 is 1.74 bits per heavy atom. The summed E-state index contributed by atoms with van der Waals surface area (Å²) in [5.74, 6) is 0.896. The van der Waals surface area contributed by atoms with Crippen LogP contribution in [0.25, 0.3) is 11.0 Å². The summed E-state index contributed by atoms with van der Waals surface area (Å²) in [6, 6.07) is 9.81. The molecule has 0 spiro atoms. The maximum atomic E-state index is 13.8. The minimum Gasteiger partial charge on any atom is -0.481 e. The van der Waals surface area contributed by atoms with Gasteiger partial charge in [0, 0.05) is 34.6 Å². The summed E-state index contributed by atoms with van der Waals surface area (Å²) in [5.41, 5.74) is 2.53. The maximum absolute atomic E-state index is 13.8. The molecule has 198 valence electrons. The number of ether oxygens (including phenoxy) is 1. The van der Waals surface area contributed by atoms with E-state index >= 15 is 0 Å². The van der Waals surface area contributed by atoms with E-state index in [2.05, 4.69) is 21.9 Å². The molecule has 0 unspecified atom stereocenters. The summed E-state index contributed by atoms with van der Waals surface area (Å²) in [5, 5.41) is 0.724. The molecule has 1 saturated carbocycles. The number of aryl methyl sites for hydroxylation is 2. The topological polar surface area (TPSA) is 69.9 Å². The van der Waals surface area contributed by atoms with Crippen LogP contribution in [0.1, 0.15) is 71.2 Å². The monoisotopic (exact) mass is 522 g/mol. The first kappa shape index (κ1) is 25.9. The summed E-state index contributed by atoms with van der Waals surface area (Å²) >= 11 is 0. The minimum atomic E-state index is -4.58. The number of hydrogen-bond acceptors (Lipinski definition) is 5. The normalized spacial score (nSPS) is 18.1. The van der Waals surface area contributed by atoms with Crippen LogP contribution in [0, 0.1) is 13.8 Å². The number of halogens is 3. The van der Waals surface area contributed by atoms with Crippen molar-refractivity contribution in [2.24, 2.45) is 0 Å². The van der Waals surface area contributed by atoms with E-state index in [0.717, 1.165) is 48.3 Å². The van der Waals surface area contributed by atoms with E-state index in [9.17, 15) is 18.0 Å². The van der Waals surface area contributed by atoms with Gasteiger partial charge in [0.2, 0.25) is 5.88 Å². The van der Waals surface area contributed by atoms with Crippen molar-refractivity contribution in [1.82, 2.24) is 19.5 Å². The van der Waals surface area contributed by atoms with Gasteiger partial charge in [-0.25, -0.2) is 9.97 Å². The van der Waals surface area contributed by atoms with Crippen molar-refractivity contribution in [3.63, 3.8) is 0 Å². The van der Waals surface area contributed by atoms with Crippen molar-refractivity contribution in [1.29, 1.82) is 0 Å². The van der Waals surface area contributed by atoms with Crippen molar-refractivity contribution >= 4 is 11.0 Å². The lowest BCUT2D eigenvalue weighted by atomic mass is 9.75. The van der Waals surface area contributed by atoms with Crippen molar-refractivity contribution in [3.8, 4) is 5.88 Å². The minimum absolute atomic E-state index is 0.00973. The molecule has 38 heavy (non-hydrogen) atoms. The van der Waals surface area contributed by atoms with Gasteiger partial charge in [0.15, 0.2) is 0 Å². The zero-order valence-corrected chi connectivity index (χ0v) is 21.5. The van der Waals surface area contributed by atoms with Crippen molar-refractivity contribution in [2.75, 3.05) is 7.11 Å². The molecular formula is C29H29F3N4O2. The van der Waals surface area contributed by atoms with Gasteiger partial charge in [0.05, 0.1) is 24.9 Å². The fourth-order valence-corrected chi connectivity index (χ4v) is 5.67. The van der Waals surface area contributed by atoms with Crippen molar-refractivity contribution in [2.45, 2.75) is 64.1 Å². The van der Waals surface area contributed by atoms with Crippen LogP contribution in [0.4, 0.5) is 13.2 Å². The highest BCUT2D eigenvalue weighted by Gasteiger charge is 2.34. The molecular weight excluding hydrogens is 493 g/mol. The molecule has 4 aromatic rings. The van der Waals surface area contributed by atoms with E-state index in [4.69, 9.17) is 4.74 Å². The first-order valence-electron chi connectivity index (χ1n) is 12.7. The molecule has 4 aromatic heterocycles. The molecule has 9 heteroatoms. The van der Waals surface area contributed by atoms with E-state index in [1.165, 1.54) is 16.8 Å². The van der Waals surface area contributed by atoms with Gasteiger partial charge < -0.3 is 4.74 Å². The number of methoxy groups -OCH3 is 1. The number of hydrogen-bond donors (Lipinski definition) is 0. The fourth-order valence-electron chi connectivity index (χ4n) is 5.67. The Morgan fingerprint density at radius 1 is 1.00 bits per heavy atom. The lowest BCUT2D eigenvalue weighted by Gasteiger charge is -2.30. The Labute approximate surface area is 218 Å². The van der Waals surface area contributed by atoms with Crippen LogP contribution in [0.15, 0.2) is 53.6 Å². The molecule has 0 bridgehead atoms. The second-order valence-corrected chi connectivity index (χ2v) is 9.95. The number of pyridine rings is 4. The third-order valence-corrected chi connectivity index (χ3v) is 7.55. The molecule has 0 aliphatic heterocycles. The van der Waals surface area contributed by atoms with Gasteiger partial charge in [-0.05, 0) is 93.3 Å². The lowest BCUT2D eigenvalue weighted by molar-refractivity contribution is -0.138. The highest BCUT2D eigenvalue weighted by Crippen LogP contribution is 2.43. The Morgan fingerprint density at radius 3 is 2.45 bits per heavy atom. The summed E-state index contributed by atoms with van der Waals surface area (Å²) in [4.78, 5) is 26.7. The van der Waals surface area contributed by atoms with Gasteiger partial charge in [0.1, 0.15) is 5.65 Å². The summed E-state index contributed by atoms with van der Waals surface area (Å²) in [6.07, 6.45) is 1.75. The van der Waals surface area contributed by atoms with E-state index in [-0.39, 0.29) is 29.6 Å². The molecule has 0 amide bonds. The molecule has 0 radical (unpaired) electrons. The van der Waals surface area contributed by atoms with E-state index < -0.39 is 11.7 Å². The fraction of sp³-hybridized carbons (Fsp3) is 0.379. The highest BCUT2D eigenvalue weighted by atomic mass is 19.4. The molecule has 0 aromatic carbocycles. The zero-order valence-electron chi connectivity index (χ0n) is 21.5. The number of alkyl halides is 3. The molecule has 1 aliphatic carbocycles. The predicted molar refractivity (Wildman–Crippen MR) is 139 cm³/mol. The molecule has 1 aliphatic rings. The average molecular weight is 523 g/mol. The van der Waals surface area contributed by atoms with E-state index in [1.807, 2.05) is 24.3 Å². The molecule has 0 atom stereocenters. The Balaban J connectivity index is 1.52. The van der Waals surface area contributed by atoms with Gasteiger partial charge in [-0.3, -0.25) is 14.3 Å². The number of fused-ring (bicyclic) bond motifs is 1. The number of aromatic nitrogens is 4. The smallest absolute Gasteiger partial charge is 0.418 e. The summed E-state index contributed by atoms with van der Waals surface area (Å²) in [7, 11) is 1.62. The van der Waals surface area contributed by atoms with Gasteiger partial charge in [-0.15, -0.1) is 0 Å². The average Bonchev–Trinajstić information content (AvgIpc) is 2.90. The van der Waals surface area contributed by atoms with Crippen LogP contribution in [0.3, 0.4) is 0 Å². The van der Waals surface area contributed by atoms with Crippen LogP contribution >= 0.6 is 0 Å². The highest BCUT2D eigenvalue weighted by molar-refractivity contribution is 5.76. The Hall–Kier alpha value is -3.75. The molecule has 6 nitrogen and oxygen atoms in total. The third-order valence-electron chi connectivity index (χ3n) is 7.55. The van der Waals surface area contributed by atoms with Crippen molar-refractivity contribution < 1.29 is 17.9 Å². The van der Waals surface area contributed by atoms with Gasteiger partial charge in [-0.1, -0.05) is 0 Å². The standard InChI is InChI=1S/C29H29F3N4O2/c1-17-12-14-34-27(38-3)25(17)20-10-8-19(9-11-20)22-15-21-7-6-18(2)35-26(21)36(28(22)37)16-24-23(29(30,31)32)5-4-13-33-24/h4-7,12-15,19-20H,8-11,16H2,1-3H3. The van der Waals surface area contributed by atoms with Crippen LogP contribution < -0.4 is 10.3 Å². The largest absolute Gasteiger partial charge is 0.481 e. The second kappa shape index (κ2) is 10.2. The molecule has 0 N–H and O–H groups in total. The maximum Gasteiger partial charge on any atom is 0.418 e. The second-order valence-electron chi connectivity index (χ2n) is 9.95. The molecule has 5 rings (SSSR count). The summed E-state index contributed by atoms with van der Waals surface area (Å²) < 4.78 is 48.0. The molecule has 1 fully saturated rings. The summed E-state index contributed by atoms with van der Waals surface area (Å²) in [6.45, 7) is 3.53. The van der Waals surface area contributed by atoms with Crippen LogP contribution in [0.2, 0.25) is 0 Å². The molecule has 4 heterocycles. The third kappa shape index (κ3) is 4.89. The lowest BCUT2D eigenvalue weighted by Crippen LogP contribution is -2.29. The van der Waals surface area contributed by atoms with Crippen LogP contribution in [-0.2, 0) is 12.7 Å². The van der Waals surface area contributed by atoms with E-state index in [1.54, 1.807) is 20.2 Å². The Kier molecular flexibility index (Phi) is 6.94. The van der Waals surface area contributed by atoms with Gasteiger partial charge in [0.25, 0.3) is 5.56 Å². The van der Waals surface area contributed by atoms with Gasteiger partial charge in [-0.2, -0.15) is 13.2 Å². The van der Waals surface area contributed by atoms with Crippen LogP contribution in [-0.4, -0.2) is 26.6 Å². The first-order chi connectivity index (χ1) is 18.2. The quantitative estimate of drug-likeness (QED) is 0.307. The SMILES string of the molecule is COc1nccc(C)c1C1CCC(c2cc3ccc(C)nc3n(Cc3ncccc3C(F)(F)F)c2=O)CC1. The van der Waals surface area contributed by atoms with Gasteiger partial charge >= 0.3 is 6.18 Å². The first-order valence-corrected chi connectivity index (χ1v) is 12.7. The number of rotatable bonds is 5. The van der Waals surface area contributed by atoms with Crippen molar-refractivity contribution in [3.05, 3.63) is 92.8 Å². The van der Waals surface area contributed by atoms with Crippen LogP contribution in [0.5, 0.6) is 5.88 Å².